The van der Waals surface area contributed by atoms with Gasteiger partial charge < -0.3 is 10.4 Å². The van der Waals surface area contributed by atoms with Crippen LogP contribution in [0.15, 0.2) is 18.2 Å². The van der Waals surface area contributed by atoms with Gasteiger partial charge in [-0.25, -0.2) is 4.79 Å². The fourth-order valence-corrected chi connectivity index (χ4v) is 2.01. The molecule has 0 aliphatic carbocycles. The first-order valence-corrected chi connectivity index (χ1v) is 7.53. The third-order valence-electron chi connectivity index (χ3n) is 2.87. The number of carboxylic acids is 1. The van der Waals surface area contributed by atoms with E-state index in [0.29, 0.717) is 18.7 Å². The molecule has 8 heteroatoms. The summed E-state index contributed by atoms with van der Waals surface area (Å²) in [6.45, 7) is 2.37. The third kappa shape index (κ3) is 4.30. The number of nitro groups is 1. The highest BCUT2D eigenvalue weighted by Gasteiger charge is 2.19. The average molecular weight is 300 g/mol. The van der Waals surface area contributed by atoms with Crippen molar-refractivity contribution in [2.75, 3.05) is 18.1 Å². The zero-order chi connectivity index (χ0) is 15.3. The molecule has 2 atom stereocenters. The van der Waals surface area contributed by atoms with Gasteiger partial charge in [-0.2, -0.15) is 0 Å². The molecule has 1 aromatic rings. The molecule has 0 heterocycles. The van der Waals surface area contributed by atoms with Crippen molar-refractivity contribution in [3.8, 4) is 0 Å². The summed E-state index contributed by atoms with van der Waals surface area (Å²) >= 11 is 0. The van der Waals surface area contributed by atoms with E-state index < -0.39 is 27.4 Å². The SMILES string of the molecule is CC(CCNc1ccc([N+](=O)[O-])c(C(=O)O)c1)S(C)=O. The highest BCUT2D eigenvalue weighted by molar-refractivity contribution is 7.84. The molecule has 1 rings (SSSR count). The normalized spacial score (nSPS) is 13.5. The molecule has 0 aliphatic rings. The van der Waals surface area contributed by atoms with E-state index >= 15 is 0 Å². The molecule has 0 aliphatic heterocycles. The van der Waals surface area contributed by atoms with Crippen LogP contribution in [0.5, 0.6) is 0 Å². The Morgan fingerprint density at radius 3 is 2.70 bits per heavy atom. The van der Waals surface area contributed by atoms with Gasteiger partial charge in [0.1, 0.15) is 5.56 Å². The van der Waals surface area contributed by atoms with Crippen LogP contribution in [0.2, 0.25) is 0 Å². The minimum Gasteiger partial charge on any atom is -0.477 e. The van der Waals surface area contributed by atoms with Gasteiger partial charge in [0, 0.05) is 40.6 Å². The van der Waals surface area contributed by atoms with E-state index in [1.54, 1.807) is 6.26 Å². The zero-order valence-electron chi connectivity index (χ0n) is 11.2. The van der Waals surface area contributed by atoms with Crippen molar-refractivity contribution in [1.29, 1.82) is 0 Å². The van der Waals surface area contributed by atoms with Crippen LogP contribution in [-0.2, 0) is 10.8 Å². The zero-order valence-corrected chi connectivity index (χ0v) is 12.0. The summed E-state index contributed by atoms with van der Waals surface area (Å²) < 4.78 is 11.2. The Morgan fingerprint density at radius 2 is 2.20 bits per heavy atom. The van der Waals surface area contributed by atoms with E-state index in [1.807, 2.05) is 6.92 Å². The van der Waals surface area contributed by atoms with Crippen molar-refractivity contribution in [2.45, 2.75) is 18.6 Å². The lowest BCUT2D eigenvalue weighted by Crippen LogP contribution is -2.15. The van der Waals surface area contributed by atoms with Crippen LogP contribution in [0.4, 0.5) is 11.4 Å². The van der Waals surface area contributed by atoms with E-state index in [1.165, 1.54) is 12.1 Å². The lowest BCUT2D eigenvalue weighted by Gasteiger charge is -2.10. The number of anilines is 1. The Kier molecular flexibility index (Phi) is 5.63. The van der Waals surface area contributed by atoms with Gasteiger partial charge in [0.15, 0.2) is 0 Å². The van der Waals surface area contributed by atoms with Crippen LogP contribution < -0.4 is 5.32 Å². The maximum absolute atomic E-state index is 11.2. The lowest BCUT2D eigenvalue weighted by atomic mass is 10.1. The molecule has 0 aromatic heterocycles. The highest BCUT2D eigenvalue weighted by Crippen LogP contribution is 2.22. The second-order valence-corrected chi connectivity index (χ2v) is 6.12. The largest absolute Gasteiger partial charge is 0.477 e. The summed E-state index contributed by atoms with van der Waals surface area (Å²) in [7, 11) is -0.913. The number of carboxylic acid groups (broad SMARTS) is 1. The molecule has 7 nitrogen and oxygen atoms in total. The number of nitrogens with one attached hydrogen (secondary N) is 1. The molecule has 0 fully saturated rings. The van der Waals surface area contributed by atoms with Gasteiger partial charge in [0.05, 0.1) is 4.92 Å². The van der Waals surface area contributed by atoms with E-state index in [2.05, 4.69) is 5.32 Å². The van der Waals surface area contributed by atoms with Crippen LogP contribution in [0, 0.1) is 10.1 Å². The molecule has 0 amide bonds. The predicted molar refractivity (Wildman–Crippen MR) is 76.7 cm³/mol. The summed E-state index contributed by atoms with van der Waals surface area (Å²) in [4.78, 5) is 21.0. The van der Waals surface area contributed by atoms with Crippen molar-refractivity contribution in [3.63, 3.8) is 0 Å². The fourth-order valence-electron chi connectivity index (χ4n) is 1.56. The second-order valence-electron chi connectivity index (χ2n) is 4.32. The second kappa shape index (κ2) is 6.99. The number of nitro benzene ring substituents is 1. The number of hydrogen-bond acceptors (Lipinski definition) is 5. The summed E-state index contributed by atoms with van der Waals surface area (Å²) in [5.41, 5.74) is -0.305. The number of benzene rings is 1. The first-order chi connectivity index (χ1) is 9.32. The van der Waals surface area contributed by atoms with Crippen LogP contribution in [0.3, 0.4) is 0 Å². The molecule has 2 unspecified atom stereocenters. The number of hydrogen-bond donors (Lipinski definition) is 2. The first-order valence-electron chi connectivity index (χ1n) is 5.90. The van der Waals surface area contributed by atoms with Gasteiger partial charge in [-0.3, -0.25) is 14.3 Å². The summed E-state index contributed by atoms with van der Waals surface area (Å²) in [6.07, 6.45) is 2.28. The molecule has 0 bridgehead atoms. The number of nitrogens with zero attached hydrogens (tertiary/aromatic N) is 1. The van der Waals surface area contributed by atoms with Crippen molar-refractivity contribution in [1.82, 2.24) is 0 Å². The van der Waals surface area contributed by atoms with Crippen LogP contribution in [0.25, 0.3) is 0 Å². The molecule has 110 valence electrons. The maximum Gasteiger partial charge on any atom is 0.342 e. The van der Waals surface area contributed by atoms with E-state index in [9.17, 15) is 19.1 Å². The van der Waals surface area contributed by atoms with Crippen LogP contribution >= 0.6 is 0 Å². The first kappa shape index (κ1) is 16.1. The summed E-state index contributed by atoms with van der Waals surface area (Å²) in [5, 5.41) is 22.7. The van der Waals surface area contributed by atoms with E-state index in [4.69, 9.17) is 5.11 Å². The van der Waals surface area contributed by atoms with E-state index in [-0.39, 0.29) is 10.8 Å². The Balaban J connectivity index is 2.78. The van der Waals surface area contributed by atoms with E-state index in [0.717, 1.165) is 6.07 Å². The molecular weight excluding hydrogens is 284 g/mol. The topological polar surface area (TPSA) is 110 Å². The highest BCUT2D eigenvalue weighted by atomic mass is 32.2. The standard InChI is InChI=1S/C12H16N2O5S/c1-8(20(2)19)5-6-13-9-3-4-11(14(17)18)10(7-9)12(15)16/h3-4,7-8,13H,5-6H2,1-2H3,(H,15,16). The maximum atomic E-state index is 11.2. The summed E-state index contributed by atoms with van der Waals surface area (Å²) in [5.74, 6) is -1.34. The summed E-state index contributed by atoms with van der Waals surface area (Å²) in [6, 6.07) is 3.85. The third-order valence-corrected chi connectivity index (χ3v) is 4.24. The molecule has 0 spiro atoms. The van der Waals surface area contributed by atoms with Crippen LogP contribution in [-0.4, -0.2) is 38.3 Å². The van der Waals surface area contributed by atoms with Crippen molar-refractivity contribution < 1.29 is 19.0 Å². The molecule has 20 heavy (non-hydrogen) atoms. The van der Waals surface area contributed by atoms with Gasteiger partial charge in [-0.05, 0) is 18.6 Å². The Bertz CT molecular complexity index is 547. The molecular formula is C12H16N2O5S. The minimum absolute atomic E-state index is 0.0273. The molecule has 0 saturated carbocycles. The van der Waals surface area contributed by atoms with Crippen molar-refractivity contribution in [2.24, 2.45) is 0 Å². The smallest absolute Gasteiger partial charge is 0.342 e. The molecule has 2 N–H and O–H groups in total. The monoisotopic (exact) mass is 300 g/mol. The predicted octanol–water partition coefficient (Wildman–Crippen LogP) is 1.86. The Morgan fingerprint density at radius 1 is 1.55 bits per heavy atom. The number of aromatic carboxylic acids is 1. The Hall–Kier alpha value is -1.96. The fraction of sp³-hybridized carbons (Fsp3) is 0.417. The number of rotatable bonds is 7. The molecule has 1 aromatic carbocycles. The van der Waals surface area contributed by atoms with Crippen LogP contribution in [0.1, 0.15) is 23.7 Å². The van der Waals surface area contributed by atoms with Gasteiger partial charge in [0.25, 0.3) is 5.69 Å². The molecule has 0 saturated heterocycles. The minimum atomic E-state index is -1.34. The van der Waals surface area contributed by atoms with Gasteiger partial charge in [-0.15, -0.1) is 0 Å². The van der Waals surface area contributed by atoms with Crippen molar-refractivity contribution >= 4 is 28.1 Å². The average Bonchev–Trinajstić information content (AvgIpc) is 2.37. The van der Waals surface area contributed by atoms with Crippen molar-refractivity contribution in [3.05, 3.63) is 33.9 Å². The number of carbonyl (C=O) groups is 1. The Labute approximate surface area is 118 Å². The van der Waals surface area contributed by atoms with Gasteiger partial charge in [-0.1, -0.05) is 6.92 Å². The van der Waals surface area contributed by atoms with Gasteiger partial charge in [0.2, 0.25) is 0 Å². The lowest BCUT2D eigenvalue weighted by molar-refractivity contribution is -0.385. The molecule has 0 radical (unpaired) electrons. The quantitative estimate of drug-likeness (QED) is 0.587. The van der Waals surface area contributed by atoms with Gasteiger partial charge >= 0.3 is 5.97 Å².